The van der Waals surface area contributed by atoms with Crippen LogP contribution in [-0.4, -0.2) is 39.4 Å². The largest absolute Gasteiger partial charge is 0.480 e. The van der Waals surface area contributed by atoms with Crippen molar-refractivity contribution in [1.82, 2.24) is 4.90 Å². The van der Waals surface area contributed by atoms with Gasteiger partial charge in [0, 0.05) is 5.75 Å². The van der Waals surface area contributed by atoms with E-state index in [0.29, 0.717) is 5.75 Å². The zero-order chi connectivity index (χ0) is 8.01. The van der Waals surface area contributed by atoms with Crippen LogP contribution >= 0.6 is 11.8 Å². The second-order valence-electron chi connectivity index (χ2n) is 2.29. The fourth-order valence-electron chi connectivity index (χ4n) is 1.07. The Morgan fingerprint density at radius 3 is 3.00 bits per heavy atom. The molecule has 60 valence electrons. The molecule has 0 saturated carbocycles. The van der Waals surface area contributed by atoms with E-state index in [4.69, 9.17) is 5.11 Å². The molecule has 1 N–H and O–H groups in total. The minimum Gasteiger partial charge on any atom is -0.480 e. The average molecular weight is 175 g/mol. The molecule has 2 heterocycles. The molecule has 2 aliphatic rings. The maximum atomic E-state index is 10.7. The number of hydrogen-bond donors (Lipinski definition) is 1. The lowest BCUT2D eigenvalue weighted by molar-refractivity contribution is -0.147. The summed E-state index contributed by atoms with van der Waals surface area (Å²) in [6, 6.07) is -0.689. The quantitative estimate of drug-likeness (QED) is 0.603. The number of amides is 1. The van der Waals surface area contributed by atoms with Crippen molar-refractivity contribution in [2.24, 2.45) is 0 Å². The van der Waals surface area contributed by atoms with E-state index in [1.54, 1.807) is 0 Å². The van der Waals surface area contributed by atoms with E-state index in [1.807, 2.05) is 0 Å². The van der Waals surface area contributed by atoms with Gasteiger partial charge >= 0.3 is 12.1 Å². The van der Waals surface area contributed by atoms with Crippen LogP contribution in [-0.2, 0) is 9.53 Å². The molecule has 11 heavy (non-hydrogen) atoms. The number of carbonyl (C=O) groups excluding carboxylic acids is 1. The van der Waals surface area contributed by atoms with Crippen molar-refractivity contribution < 1.29 is 19.4 Å². The third kappa shape index (κ3) is 0.787. The Labute approximate surface area is 66.3 Å². The molecule has 1 amide bonds. The molecular formula is C5H5NO4S. The van der Waals surface area contributed by atoms with Crippen LogP contribution in [0.3, 0.4) is 0 Å². The highest BCUT2D eigenvalue weighted by Crippen LogP contribution is 2.37. The van der Waals surface area contributed by atoms with Gasteiger partial charge in [0.15, 0.2) is 0 Å². The zero-order valence-corrected chi connectivity index (χ0v) is 6.21. The number of fused-ring (bicyclic) bond motifs is 1. The van der Waals surface area contributed by atoms with E-state index in [2.05, 4.69) is 4.74 Å². The number of ether oxygens (including phenoxy) is 1. The Kier molecular flexibility index (Phi) is 1.26. The molecule has 0 spiro atoms. The number of thioether (sulfide) groups is 1. The van der Waals surface area contributed by atoms with Gasteiger partial charge in [0.05, 0.1) is 0 Å². The summed E-state index contributed by atoms with van der Waals surface area (Å²) in [6.07, 6.45) is -0.521. The topological polar surface area (TPSA) is 66.8 Å². The van der Waals surface area contributed by atoms with Crippen molar-refractivity contribution in [2.75, 3.05) is 5.75 Å². The zero-order valence-electron chi connectivity index (χ0n) is 5.39. The maximum Gasteiger partial charge on any atom is 0.416 e. The van der Waals surface area contributed by atoms with Crippen LogP contribution in [0.5, 0.6) is 0 Å². The molecule has 1 unspecified atom stereocenters. The van der Waals surface area contributed by atoms with Crippen LogP contribution in [0.1, 0.15) is 0 Å². The van der Waals surface area contributed by atoms with E-state index >= 15 is 0 Å². The first-order chi connectivity index (χ1) is 5.20. The van der Waals surface area contributed by atoms with Gasteiger partial charge in [-0.15, -0.1) is 0 Å². The molecular weight excluding hydrogens is 170 g/mol. The van der Waals surface area contributed by atoms with Crippen LogP contribution in [0.2, 0.25) is 0 Å². The van der Waals surface area contributed by atoms with Gasteiger partial charge in [-0.25, -0.2) is 14.5 Å². The summed E-state index contributed by atoms with van der Waals surface area (Å²) < 4.78 is 4.63. The van der Waals surface area contributed by atoms with Crippen molar-refractivity contribution in [2.45, 2.75) is 11.6 Å². The summed E-state index contributed by atoms with van der Waals surface area (Å²) in [4.78, 5) is 22.4. The molecule has 2 aliphatic heterocycles. The monoisotopic (exact) mass is 175 g/mol. The van der Waals surface area contributed by atoms with Crippen LogP contribution in [0, 0.1) is 0 Å². The number of carboxylic acid groups (broad SMARTS) is 1. The average Bonchev–Trinajstić information content (AvgIpc) is 2.25. The Morgan fingerprint density at radius 1 is 1.82 bits per heavy atom. The van der Waals surface area contributed by atoms with Gasteiger partial charge in [0.25, 0.3) is 0 Å². The second kappa shape index (κ2) is 2.04. The predicted octanol–water partition coefficient (Wildman–Crippen LogP) is -0.0778. The van der Waals surface area contributed by atoms with E-state index in [0.717, 1.165) is 0 Å². The highest BCUT2D eigenvalue weighted by molar-refractivity contribution is 8.00. The molecule has 2 saturated heterocycles. The summed E-state index contributed by atoms with van der Waals surface area (Å²) in [6.45, 7) is 0. The highest BCUT2D eigenvalue weighted by atomic mass is 32.2. The minimum atomic E-state index is -0.961. The van der Waals surface area contributed by atoms with Gasteiger partial charge < -0.3 is 9.84 Å². The lowest BCUT2D eigenvalue weighted by Crippen LogP contribution is -2.55. The Bertz CT molecular complexity index is 223. The standard InChI is InChI=1S/C5H5NO4S/c7-3(8)2-1-11-5-6(2)4(9)10-5/h2,5H,1H2,(H,7,8)/t2-,5?/m1/s1. The normalized spacial score (nSPS) is 34.2. The lowest BCUT2D eigenvalue weighted by atomic mass is 10.3. The van der Waals surface area contributed by atoms with Crippen molar-refractivity contribution in [3.8, 4) is 0 Å². The first-order valence-electron chi connectivity index (χ1n) is 3.03. The first kappa shape index (κ1) is 6.78. The Morgan fingerprint density at radius 2 is 2.55 bits per heavy atom. The molecule has 6 heteroatoms. The van der Waals surface area contributed by atoms with Gasteiger partial charge in [0.2, 0.25) is 5.56 Å². The highest BCUT2D eigenvalue weighted by Gasteiger charge is 2.51. The third-order valence-corrected chi connectivity index (χ3v) is 2.77. The number of hydrogen-bond acceptors (Lipinski definition) is 4. The minimum absolute atomic E-state index is 0.344. The van der Waals surface area contributed by atoms with E-state index < -0.39 is 18.1 Å². The lowest BCUT2D eigenvalue weighted by Gasteiger charge is -2.34. The second-order valence-corrected chi connectivity index (χ2v) is 3.36. The Hall–Kier alpha value is -0.910. The third-order valence-electron chi connectivity index (χ3n) is 1.66. The van der Waals surface area contributed by atoms with Gasteiger partial charge in [-0.2, -0.15) is 0 Å². The van der Waals surface area contributed by atoms with E-state index in [9.17, 15) is 9.59 Å². The van der Waals surface area contributed by atoms with E-state index in [1.165, 1.54) is 16.7 Å². The van der Waals surface area contributed by atoms with E-state index in [-0.39, 0.29) is 5.56 Å². The smallest absolute Gasteiger partial charge is 0.416 e. The van der Waals surface area contributed by atoms with Gasteiger partial charge in [-0.05, 0) is 0 Å². The summed E-state index contributed by atoms with van der Waals surface area (Å²) in [5.74, 6) is -0.539. The summed E-state index contributed by atoms with van der Waals surface area (Å²) >= 11 is 1.33. The molecule has 0 bridgehead atoms. The molecule has 2 fully saturated rings. The van der Waals surface area contributed by atoms with Crippen LogP contribution in [0.4, 0.5) is 4.79 Å². The summed E-state index contributed by atoms with van der Waals surface area (Å²) in [7, 11) is 0. The van der Waals surface area contributed by atoms with Crippen molar-refractivity contribution >= 4 is 23.8 Å². The summed E-state index contributed by atoms with van der Waals surface area (Å²) in [5, 5.41) is 8.59. The fraction of sp³-hybridized carbons (Fsp3) is 0.600. The van der Waals surface area contributed by atoms with Crippen molar-refractivity contribution in [3.05, 3.63) is 0 Å². The number of carbonyl (C=O) groups is 2. The number of carboxylic acids is 1. The molecule has 0 aliphatic carbocycles. The van der Waals surface area contributed by atoms with Crippen molar-refractivity contribution in [1.29, 1.82) is 0 Å². The number of aliphatic carboxylic acids is 1. The van der Waals surface area contributed by atoms with Crippen LogP contribution in [0.25, 0.3) is 0 Å². The van der Waals surface area contributed by atoms with Gasteiger partial charge in [-0.3, -0.25) is 0 Å². The van der Waals surface area contributed by atoms with Gasteiger partial charge in [-0.1, -0.05) is 11.8 Å². The predicted molar refractivity (Wildman–Crippen MR) is 36.0 cm³/mol. The van der Waals surface area contributed by atoms with Crippen LogP contribution < -0.4 is 0 Å². The molecule has 0 aromatic carbocycles. The maximum absolute atomic E-state index is 10.7. The molecule has 2 atom stereocenters. The van der Waals surface area contributed by atoms with Gasteiger partial charge in [0.1, 0.15) is 6.04 Å². The number of rotatable bonds is 1. The summed E-state index contributed by atoms with van der Waals surface area (Å²) in [5.41, 5.74) is -0.344. The SMILES string of the molecule is O=C(O)[C@H]1CSC2OC(=O)N21. The molecule has 0 aromatic heterocycles. The molecule has 0 radical (unpaired) electrons. The molecule has 5 nitrogen and oxygen atoms in total. The molecule has 0 aromatic rings. The van der Waals surface area contributed by atoms with Crippen molar-refractivity contribution in [3.63, 3.8) is 0 Å². The first-order valence-corrected chi connectivity index (χ1v) is 4.08. The fourth-order valence-corrected chi connectivity index (χ4v) is 2.27. The van der Waals surface area contributed by atoms with Crippen LogP contribution in [0.15, 0.2) is 0 Å². The molecule has 2 rings (SSSR count). The number of nitrogens with zero attached hydrogens (tertiary/aromatic N) is 1. The Balaban J connectivity index is 2.14.